The second kappa shape index (κ2) is 9.39. The Morgan fingerprint density at radius 3 is 2.68 bits per heavy atom. The molecule has 3 N–H and O–H groups in total. The van der Waals surface area contributed by atoms with Crippen LogP contribution in [0.5, 0.6) is 11.5 Å². The van der Waals surface area contributed by atoms with Gasteiger partial charge < -0.3 is 20.5 Å². The fraction of sp³-hybridized carbons (Fsp3) is 0.185. The summed E-state index contributed by atoms with van der Waals surface area (Å²) in [6, 6.07) is 14.0. The van der Waals surface area contributed by atoms with Crippen molar-refractivity contribution in [2.24, 2.45) is 0 Å². The van der Waals surface area contributed by atoms with E-state index in [4.69, 9.17) is 4.74 Å². The lowest BCUT2D eigenvalue weighted by Crippen LogP contribution is -2.38. The van der Waals surface area contributed by atoms with Crippen LogP contribution in [-0.4, -0.2) is 17.0 Å². The molecule has 2 atom stereocenters. The molecule has 0 saturated carbocycles. The summed E-state index contributed by atoms with van der Waals surface area (Å²) in [5.41, 5.74) is 3.36. The molecule has 0 saturated heterocycles. The Kier molecular flexibility index (Phi) is 6.36. The summed E-state index contributed by atoms with van der Waals surface area (Å²) in [5.74, 6) is -1.15. The van der Waals surface area contributed by atoms with Gasteiger partial charge in [-0.2, -0.15) is 0 Å². The molecule has 0 spiro atoms. The Labute approximate surface area is 197 Å². The maximum atomic E-state index is 15.4. The van der Waals surface area contributed by atoms with Crippen molar-refractivity contribution >= 4 is 11.9 Å². The topological polar surface area (TPSA) is 87.7 Å². The van der Waals surface area contributed by atoms with E-state index in [2.05, 4.69) is 17.2 Å². The van der Waals surface area contributed by atoms with E-state index in [9.17, 15) is 14.7 Å². The van der Waals surface area contributed by atoms with Gasteiger partial charge in [0.25, 0.3) is 0 Å². The molecule has 1 aliphatic heterocycles. The third-order valence-electron chi connectivity index (χ3n) is 5.84. The molecule has 34 heavy (non-hydrogen) atoms. The largest absolute Gasteiger partial charge is 0.481 e. The van der Waals surface area contributed by atoms with Gasteiger partial charge in [-0.25, -0.2) is 4.39 Å². The minimum absolute atomic E-state index is 0.100. The quantitative estimate of drug-likeness (QED) is 0.490. The van der Waals surface area contributed by atoms with Crippen LogP contribution in [0.4, 0.5) is 4.39 Å². The average molecular weight is 461 g/mol. The highest BCUT2D eigenvalue weighted by molar-refractivity contribution is 5.85. The van der Waals surface area contributed by atoms with Crippen molar-refractivity contribution in [1.29, 1.82) is 0 Å². The fourth-order valence-electron chi connectivity index (χ4n) is 4.28. The van der Waals surface area contributed by atoms with Crippen molar-refractivity contribution in [2.75, 3.05) is 0 Å². The van der Waals surface area contributed by atoms with Crippen molar-refractivity contribution in [3.8, 4) is 22.6 Å². The predicted octanol–water partition coefficient (Wildman–Crippen LogP) is 5.32. The van der Waals surface area contributed by atoms with E-state index in [1.54, 1.807) is 43.3 Å². The number of fused-ring (bicyclic) bond motifs is 6. The Morgan fingerprint density at radius 2 is 1.94 bits per heavy atom. The summed E-state index contributed by atoms with van der Waals surface area (Å²) in [7, 11) is 0. The molecule has 1 heterocycles. The zero-order valence-electron chi connectivity index (χ0n) is 18.9. The van der Waals surface area contributed by atoms with Crippen LogP contribution in [0.3, 0.4) is 0 Å². The SMILES string of the molecule is C=CN[C@@H]1C(=O)N[C@@H](CC(=O)O)c2cc(cc(C)c2F)-c2c(C)cccc2Oc2cccc1c2. The Morgan fingerprint density at radius 1 is 1.18 bits per heavy atom. The van der Waals surface area contributed by atoms with E-state index in [1.807, 2.05) is 25.1 Å². The van der Waals surface area contributed by atoms with Gasteiger partial charge in [-0.05, 0) is 72.6 Å². The van der Waals surface area contributed by atoms with Crippen LogP contribution in [0.25, 0.3) is 11.1 Å². The molecule has 4 bridgehead atoms. The molecule has 3 aromatic rings. The molecule has 0 unspecified atom stereocenters. The highest BCUT2D eigenvalue weighted by Crippen LogP contribution is 2.39. The third kappa shape index (κ3) is 4.50. The van der Waals surface area contributed by atoms with E-state index in [1.165, 1.54) is 6.20 Å². The summed E-state index contributed by atoms with van der Waals surface area (Å²) in [4.78, 5) is 25.0. The third-order valence-corrected chi connectivity index (χ3v) is 5.84. The normalized spacial score (nSPS) is 17.1. The molecule has 0 fully saturated rings. The first-order valence-corrected chi connectivity index (χ1v) is 10.9. The molecule has 4 rings (SSSR count). The van der Waals surface area contributed by atoms with Gasteiger partial charge in [0.2, 0.25) is 5.91 Å². The lowest BCUT2D eigenvalue weighted by Gasteiger charge is -2.24. The van der Waals surface area contributed by atoms with E-state index in [-0.39, 0.29) is 5.56 Å². The molecule has 7 heteroatoms. The monoisotopic (exact) mass is 460 g/mol. The van der Waals surface area contributed by atoms with Crippen LogP contribution in [0.15, 0.2) is 67.4 Å². The van der Waals surface area contributed by atoms with Gasteiger partial charge in [0.15, 0.2) is 0 Å². The van der Waals surface area contributed by atoms with Crippen LogP contribution in [0.1, 0.15) is 40.8 Å². The number of carbonyl (C=O) groups is 2. The van der Waals surface area contributed by atoms with Crippen LogP contribution in [0, 0.1) is 19.7 Å². The van der Waals surface area contributed by atoms with Gasteiger partial charge in [0.05, 0.1) is 12.5 Å². The maximum absolute atomic E-state index is 15.4. The Hall–Kier alpha value is -4.13. The minimum Gasteiger partial charge on any atom is -0.481 e. The number of nitrogens with one attached hydrogen (secondary N) is 2. The number of ether oxygens (including phenoxy) is 1. The van der Waals surface area contributed by atoms with Crippen molar-refractivity contribution in [3.05, 3.63) is 95.4 Å². The first-order chi connectivity index (χ1) is 16.3. The number of carboxylic acid groups (broad SMARTS) is 1. The van der Waals surface area contributed by atoms with E-state index in [0.29, 0.717) is 28.2 Å². The second-order valence-electron chi connectivity index (χ2n) is 8.28. The zero-order valence-corrected chi connectivity index (χ0v) is 18.9. The number of halogens is 1. The molecule has 0 radical (unpaired) electrons. The van der Waals surface area contributed by atoms with Crippen molar-refractivity contribution in [2.45, 2.75) is 32.4 Å². The van der Waals surface area contributed by atoms with Crippen LogP contribution < -0.4 is 15.4 Å². The standard InChI is InChI=1S/C27H25FN2O4/c1-4-29-26-17-8-6-9-19(12-17)34-22-10-5-7-15(2)24(22)18-11-16(3)25(28)20(13-18)21(14-23(31)32)30-27(26)33/h4-13,21,26,29H,1,14H2,2-3H3,(H,30,33)(H,31,32)/t21-,26-/m0/s1. The number of hydrogen-bond acceptors (Lipinski definition) is 4. The molecule has 6 nitrogen and oxygen atoms in total. The van der Waals surface area contributed by atoms with Crippen molar-refractivity contribution < 1.29 is 23.8 Å². The smallest absolute Gasteiger partial charge is 0.305 e. The number of aliphatic carboxylic acids is 1. The molecule has 0 aromatic heterocycles. The van der Waals surface area contributed by atoms with E-state index in [0.717, 1.165) is 11.1 Å². The molecule has 3 aromatic carbocycles. The van der Waals surface area contributed by atoms with Gasteiger partial charge in [0, 0.05) is 11.1 Å². The Bertz CT molecular complexity index is 1290. The highest BCUT2D eigenvalue weighted by atomic mass is 19.1. The second-order valence-corrected chi connectivity index (χ2v) is 8.28. The van der Waals surface area contributed by atoms with Crippen molar-refractivity contribution in [1.82, 2.24) is 10.6 Å². The summed E-state index contributed by atoms with van der Waals surface area (Å²) in [6.45, 7) is 7.19. The number of amides is 1. The summed E-state index contributed by atoms with van der Waals surface area (Å²) in [6.07, 6.45) is 0.898. The number of hydrogen-bond donors (Lipinski definition) is 3. The van der Waals surface area contributed by atoms with E-state index >= 15 is 4.39 Å². The number of carbonyl (C=O) groups excluding carboxylic acids is 1. The van der Waals surface area contributed by atoms with Crippen LogP contribution >= 0.6 is 0 Å². The molecule has 174 valence electrons. The molecular weight excluding hydrogens is 435 g/mol. The maximum Gasteiger partial charge on any atom is 0.305 e. The number of carboxylic acids is 1. The van der Waals surface area contributed by atoms with Crippen LogP contribution in [-0.2, 0) is 9.59 Å². The highest BCUT2D eigenvalue weighted by Gasteiger charge is 2.28. The van der Waals surface area contributed by atoms with Gasteiger partial charge in [0.1, 0.15) is 23.4 Å². The first-order valence-electron chi connectivity index (χ1n) is 10.9. The number of rotatable bonds is 4. The van der Waals surface area contributed by atoms with Gasteiger partial charge >= 0.3 is 5.97 Å². The van der Waals surface area contributed by atoms with Gasteiger partial charge in [-0.15, -0.1) is 0 Å². The summed E-state index contributed by atoms with van der Waals surface area (Å²) >= 11 is 0. The van der Waals surface area contributed by atoms with Crippen molar-refractivity contribution in [3.63, 3.8) is 0 Å². The molecular formula is C27H25FN2O4. The minimum atomic E-state index is -1.16. The summed E-state index contributed by atoms with van der Waals surface area (Å²) in [5, 5.41) is 15.2. The lowest BCUT2D eigenvalue weighted by atomic mass is 9.92. The molecule has 1 amide bonds. The zero-order chi connectivity index (χ0) is 24.4. The molecule has 1 aliphatic rings. The summed E-state index contributed by atoms with van der Waals surface area (Å²) < 4.78 is 21.6. The van der Waals surface area contributed by atoms with Gasteiger partial charge in [-0.3, -0.25) is 9.59 Å². The number of benzene rings is 3. The predicted molar refractivity (Wildman–Crippen MR) is 127 cm³/mol. The Balaban J connectivity index is 2.01. The molecule has 0 aliphatic carbocycles. The fourth-order valence-corrected chi connectivity index (χ4v) is 4.28. The van der Waals surface area contributed by atoms with Gasteiger partial charge in [-0.1, -0.05) is 30.8 Å². The number of aryl methyl sites for hydroxylation is 2. The lowest BCUT2D eigenvalue weighted by molar-refractivity contribution is -0.137. The van der Waals surface area contributed by atoms with Crippen LogP contribution in [0.2, 0.25) is 0 Å². The average Bonchev–Trinajstić information content (AvgIpc) is 2.78. The van der Waals surface area contributed by atoms with E-state index < -0.39 is 36.2 Å². The first kappa shape index (κ1) is 23.0.